The summed E-state index contributed by atoms with van der Waals surface area (Å²) in [6, 6.07) is 26.8. The Morgan fingerprint density at radius 2 is 1.33 bits per heavy atom. The number of anilines is 1. The molecule has 0 bridgehead atoms. The van der Waals surface area contributed by atoms with Crippen LogP contribution in [0.2, 0.25) is 0 Å². The Kier molecular flexibility index (Phi) is 3.72. The van der Waals surface area contributed by atoms with Crippen molar-refractivity contribution in [1.82, 2.24) is 9.97 Å². The summed E-state index contributed by atoms with van der Waals surface area (Å²) in [4.78, 5) is 8.61. The highest BCUT2D eigenvalue weighted by Crippen LogP contribution is 2.27. The SMILES string of the molecule is C(=NNc1ncnc2ccccc12)c1c2ccccc2cc2ccccc12. The second-order valence-corrected chi connectivity index (χ2v) is 6.34. The van der Waals surface area contributed by atoms with Gasteiger partial charge in [0.05, 0.1) is 11.7 Å². The summed E-state index contributed by atoms with van der Waals surface area (Å²) in [5.74, 6) is 0.696. The fraction of sp³-hybridized carbons (Fsp3) is 0. The van der Waals surface area contributed by atoms with Gasteiger partial charge in [0.15, 0.2) is 5.82 Å². The Labute approximate surface area is 156 Å². The summed E-state index contributed by atoms with van der Waals surface area (Å²) in [5, 5.41) is 10.2. The third-order valence-electron chi connectivity index (χ3n) is 4.72. The van der Waals surface area contributed by atoms with Crippen LogP contribution in [0, 0.1) is 0 Å². The van der Waals surface area contributed by atoms with Crippen LogP contribution in [-0.4, -0.2) is 16.2 Å². The largest absolute Gasteiger partial charge is 0.261 e. The topological polar surface area (TPSA) is 50.2 Å². The van der Waals surface area contributed by atoms with E-state index in [0.29, 0.717) is 5.82 Å². The molecule has 1 aromatic heterocycles. The lowest BCUT2D eigenvalue weighted by Gasteiger charge is -2.08. The third kappa shape index (κ3) is 2.77. The molecule has 5 aromatic rings. The molecule has 1 heterocycles. The maximum Gasteiger partial charge on any atom is 0.157 e. The molecule has 0 atom stereocenters. The Balaban J connectivity index is 1.61. The molecule has 128 valence electrons. The number of hydrogen-bond acceptors (Lipinski definition) is 4. The van der Waals surface area contributed by atoms with Crippen molar-refractivity contribution in [1.29, 1.82) is 0 Å². The first-order chi connectivity index (χ1) is 13.4. The van der Waals surface area contributed by atoms with Gasteiger partial charge in [0.1, 0.15) is 6.33 Å². The van der Waals surface area contributed by atoms with Crippen LogP contribution in [0.4, 0.5) is 5.82 Å². The average molecular weight is 348 g/mol. The molecule has 0 saturated carbocycles. The van der Waals surface area contributed by atoms with Crippen molar-refractivity contribution in [3.8, 4) is 0 Å². The summed E-state index contributed by atoms with van der Waals surface area (Å²) >= 11 is 0. The van der Waals surface area contributed by atoms with Crippen LogP contribution in [0.3, 0.4) is 0 Å². The van der Waals surface area contributed by atoms with E-state index in [2.05, 4.69) is 75.1 Å². The summed E-state index contributed by atoms with van der Waals surface area (Å²) < 4.78 is 0. The van der Waals surface area contributed by atoms with Crippen molar-refractivity contribution in [3.63, 3.8) is 0 Å². The molecule has 0 aliphatic rings. The van der Waals surface area contributed by atoms with Gasteiger partial charge in [-0.15, -0.1) is 0 Å². The van der Waals surface area contributed by atoms with Gasteiger partial charge in [0.2, 0.25) is 0 Å². The highest BCUT2D eigenvalue weighted by molar-refractivity contribution is 6.13. The van der Waals surface area contributed by atoms with Gasteiger partial charge < -0.3 is 0 Å². The van der Waals surface area contributed by atoms with Gasteiger partial charge in [-0.2, -0.15) is 5.10 Å². The van der Waals surface area contributed by atoms with Gasteiger partial charge >= 0.3 is 0 Å². The first kappa shape index (κ1) is 15.5. The quantitative estimate of drug-likeness (QED) is 0.270. The summed E-state index contributed by atoms with van der Waals surface area (Å²) in [7, 11) is 0. The van der Waals surface area contributed by atoms with Gasteiger partial charge in [-0.1, -0.05) is 60.7 Å². The molecule has 0 aliphatic carbocycles. The second-order valence-electron chi connectivity index (χ2n) is 6.34. The van der Waals surface area contributed by atoms with Gasteiger partial charge in [0, 0.05) is 10.9 Å². The highest BCUT2D eigenvalue weighted by atomic mass is 15.3. The normalized spacial score (nSPS) is 11.6. The standard InChI is InChI=1S/C23H16N4/c1-3-9-18-16(7-1)13-17-8-2-4-10-19(17)21(18)14-26-27-23-20-11-5-6-12-22(20)24-15-25-23/h1-15H,(H,24,25,27). The summed E-state index contributed by atoms with van der Waals surface area (Å²) in [6.07, 6.45) is 3.43. The molecule has 4 heteroatoms. The van der Waals surface area contributed by atoms with Crippen molar-refractivity contribution in [3.05, 3.63) is 90.8 Å². The summed E-state index contributed by atoms with van der Waals surface area (Å²) in [5.41, 5.74) is 5.07. The van der Waals surface area contributed by atoms with E-state index in [0.717, 1.165) is 16.5 Å². The van der Waals surface area contributed by atoms with E-state index in [1.54, 1.807) is 6.33 Å². The predicted molar refractivity (Wildman–Crippen MR) is 112 cm³/mol. The van der Waals surface area contributed by atoms with Crippen molar-refractivity contribution >= 4 is 44.5 Å². The van der Waals surface area contributed by atoms with Crippen molar-refractivity contribution < 1.29 is 0 Å². The van der Waals surface area contributed by atoms with Crippen LogP contribution < -0.4 is 5.43 Å². The first-order valence-electron chi connectivity index (χ1n) is 8.79. The van der Waals surface area contributed by atoms with Crippen molar-refractivity contribution in [2.24, 2.45) is 5.10 Å². The Bertz CT molecular complexity index is 1250. The van der Waals surface area contributed by atoms with E-state index in [4.69, 9.17) is 0 Å². The number of nitrogens with zero attached hydrogens (tertiary/aromatic N) is 3. The van der Waals surface area contributed by atoms with Crippen LogP contribution >= 0.6 is 0 Å². The first-order valence-corrected chi connectivity index (χ1v) is 8.79. The fourth-order valence-electron chi connectivity index (χ4n) is 3.44. The number of nitrogens with one attached hydrogen (secondary N) is 1. The van der Waals surface area contributed by atoms with E-state index in [9.17, 15) is 0 Å². The maximum atomic E-state index is 4.50. The fourth-order valence-corrected chi connectivity index (χ4v) is 3.44. The van der Waals surface area contributed by atoms with Crippen molar-refractivity contribution in [2.75, 3.05) is 5.43 Å². The predicted octanol–water partition coefficient (Wildman–Crippen LogP) is 5.38. The van der Waals surface area contributed by atoms with E-state index in [-0.39, 0.29) is 0 Å². The lowest BCUT2D eigenvalue weighted by atomic mass is 9.97. The van der Waals surface area contributed by atoms with Crippen LogP contribution in [0.25, 0.3) is 32.4 Å². The molecule has 4 nitrogen and oxygen atoms in total. The number of aromatic nitrogens is 2. The molecule has 0 spiro atoms. The molecule has 0 saturated heterocycles. The molecule has 5 rings (SSSR count). The van der Waals surface area contributed by atoms with Crippen LogP contribution in [0.15, 0.2) is 90.3 Å². The molecule has 0 fully saturated rings. The lowest BCUT2D eigenvalue weighted by Crippen LogP contribution is -1.96. The van der Waals surface area contributed by atoms with Crippen LogP contribution in [0.1, 0.15) is 5.56 Å². The van der Waals surface area contributed by atoms with Crippen LogP contribution in [0.5, 0.6) is 0 Å². The smallest absolute Gasteiger partial charge is 0.157 e. The number of rotatable bonds is 3. The highest BCUT2D eigenvalue weighted by Gasteiger charge is 2.06. The minimum atomic E-state index is 0.696. The van der Waals surface area contributed by atoms with Gasteiger partial charge in [-0.25, -0.2) is 9.97 Å². The molecule has 4 aromatic carbocycles. The lowest BCUT2D eigenvalue weighted by molar-refractivity contribution is 1.18. The van der Waals surface area contributed by atoms with E-state index >= 15 is 0 Å². The number of para-hydroxylation sites is 1. The summed E-state index contributed by atoms with van der Waals surface area (Å²) in [6.45, 7) is 0. The molecular formula is C23H16N4. The Morgan fingerprint density at radius 3 is 2.07 bits per heavy atom. The zero-order valence-corrected chi connectivity index (χ0v) is 14.5. The van der Waals surface area contributed by atoms with E-state index < -0.39 is 0 Å². The van der Waals surface area contributed by atoms with Gasteiger partial charge in [-0.05, 0) is 39.7 Å². The molecule has 0 radical (unpaired) electrons. The number of hydrogen-bond donors (Lipinski definition) is 1. The molecule has 27 heavy (non-hydrogen) atoms. The van der Waals surface area contributed by atoms with Crippen LogP contribution in [-0.2, 0) is 0 Å². The Hall–Kier alpha value is -3.79. The Morgan fingerprint density at radius 1 is 0.704 bits per heavy atom. The number of fused-ring (bicyclic) bond motifs is 3. The third-order valence-corrected chi connectivity index (χ3v) is 4.72. The zero-order valence-electron chi connectivity index (χ0n) is 14.5. The molecule has 0 unspecified atom stereocenters. The second kappa shape index (κ2) is 6.50. The number of benzene rings is 4. The van der Waals surface area contributed by atoms with E-state index in [1.807, 2.05) is 30.5 Å². The molecule has 0 amide bonds. The maximum absolute atomic E-state index is 4.50. The molecular weight excluding hydrogens is 332 g/mol. The minimum Gasteiger partial charge on any atom is -0.261 e. The zero-order chi connectivity index (χ0) is 18.1. The van der Waals surface area contributed by atoms with Crippen molar-refractivity contribution in [2.45, 2.75) is 0 Å². The molecule has 1 N–H and O–H groups in total. The monoisotopic (exact) mass is 348 g/mol. The van der Waals surface area contributed by atoms with Gasteiger partial charge in [-0.3, -0.25) is 5.43 Å². The minimum absolute atomic E-state index is 0.696. The number of hydrazone groups is 1. The molecule has 0 aliphatic heterocycles. The average Bonchev–Trinajstić information content (AvgIpc) is 2.73. The van der Waals surface area contributed by atoms with Gasteiger partial charge in [0.25, 0.3) is 0 Å². The van der Waals surface area contributed by atoms with E-state index in [1.165, 1.54) is 21.5 Å².